The van der Waals surface area contributed by atoms with Crippen LogP contribution in [0, 0.1) is 23.2 Å². The van der Waals surface area contributed by atoms with E-state index < -0.39 is 0 Å². The number of hydrogen-bond acceptors (Lipinski definition) is 4. The summed E-state index contributed by atoms with van der Waals surface area (Å²) in [5.74, 6) is 0.725. The van der Waals surface area contributed by atoms with Gasteiger partial charge in [-0.2, -0.15) is 0 Å². The van der Waals surface area contributed by atoms with Crippen LogP contribution in [0.4, 0.5) is 0 Å². The predicted octanol–water partition coefficient (Wildman–Crippen LogP) is 3.25. The maximum absolute atomic E-state index is 11.6. The fraction of sp³-hybridized carbons (Fsp3) is 0.778. The van der Waals surface area contributed by atoms with Gasteiger partial charge in [0.25, 0.3) is 0 Å². The van der Waals surface area contributed by atoms with Gasteiger partial charge in [-0.15, -0.1) is 0 Å². The van der Waals surface area contributed by atoms with Crippen LogP contribution in [0.15, 0.2) is 11.1 Å². The molecule has 0 radical (unpaired) electrons. The number of rotatable bonds is 2. The standard InChI is InChI=1S/C18H26O4/c1-9-6-13-14-7-12(21-10(2)19)8-15(18(14,4)5)17(16(9)13)22-11(3)20/h9,12,14-15,17H,6-8H2,1-5H3/t9-,12-,14-,15+,17+/m0/s1. The van der Waals surface area contributed by atoms with Gasteiger partial charge >= 0.3 is 11.9 Å². The topological polar surface area (TPSA) is 52.6 Å². The zero-order valence-corrected chi connectivity index (χ0v) is 14.1. The fourth-order valence-electron chi connectivity index (χ4n) is 5.04. The Morgan fingerprint density at radius 1 is 1.09 bits per heavy atom. The molecule has 0 heterocycles. The lowest BCUT2D eigenvalue weighted by molar-refractivity contribution is -0.167. The molecule has 0 aromatic heterocycles. The molecule has 0 aliphatic heterocycles. The summed E-state index contributed by atoms with van der Waals surface area (Å²) in [4.78, 5) is 22.9. The first-order valence-electron chi connectivity index (χ1n) is 8.29. The van der Waals surface area contributed by atoms with Gasteiger partial charge in [-0.05, 0) is 42.1 Å². The Morgan fingerprint density at radius 2 is 1.73 bits per heavy atom. The highest BCUT2D eigenvalue weighted by Crippen LogP contribution is 2.62. The smallest absolute Gasteiger partial charge is 0.303 e. The SMILES string of the molecule is CC(=O)O[C@@H]1C[C@@H]2[C@@H](OC(C)=O)C3=C(C[C@@H]3C)[C@H](C1)C2(C)C. The van der Waals surface area contributed by atoms with Crippen LogP contribution in [0.1, 0.15) is 53.9 Å². The van der Waals surface area contributed by atoms with Crippen molar-refractivity contribution < 1.29 is 19.1 Å². The Balaban J connectivity index is 1.97. The van der Waals surface area contributed by atoms with Gasteiger partial charge in [-0.25, -0.2) is 0 Å². The predicted molar refractivity (Wildman–Crippen MR) is 81.9 cm³/mol. The van der Waals surface area contributed by atoms with Gasteiger partial charge in [0.15, 0.2) is 0 Å². The van der Waals surface area contributed by atoms with E-state index in [1.807, 2.05) is 0 Å². The van der Waals surface area contributed by atoms with E-state index in [1.54, 1.807) is 0 Å². The Kier molecular flexibility index (Phi) is 3.61. The van der Waals surface area contributed by atoms with E-state index in [-0.39, 0.29) is 35.5 Å². The molecule has 4 nitrogen and oxygen atoms in total. The second-order valence-electron chi connectivity index (χ2n) is 7.80. The molecule has 5 atom stereocenters. The number of ether oxygens (including phenoxy) is 2. The maximum Gasteiger partial charge on any atom is 0.303 e. The minimum atomic E-state index is -0.222. The molecule has 122 valence electrons. The van der Waals surface area contributed by atoms with Crippen LogP contribution >= 0.6 is 0 Å². The number of esters is 2. The first-order chi connectivity index (χ1) is 10.2. The Bertz CT molecular complexity index is 545. The van der Waals surface area contributed by atoms with Crippen LogP contribution in [-0.2, 0) is 19.1 Å². The molecule has 0 N–H and O–H groups in total. The largest absolute Gasteiger partial charge is 0.463 e. The highest BCUT2D eigenvalue weighted by molar-refractivity contribution is 5.67. The van der Waals surface area contributed by atoms with Gasteiger partial charge in [0, 0.05) is 19.8 Å². The summed E-state index contributed by atoms with van der Waals surface area (Å²) >= 11 is 0. The summed E-state index contributed by atoms with van der Waals surface area (Å²) in [6.45, 7) is 9.71. The maximum atomic E-state index is 11.6. The number of carbonyl (C=O) groups excluding carboxylic acids is 2. The number of allylic oxidation sites excluding steroid dienone is 1. The lowest BCUT2D eigenvalue weighted by Crippen LogP contribution is -2.56. The molecule has 0 amide bonds. The Labute approximate surface area is 132 Å². The molecule has 0 aromatic rings. The molecule has 0 unspecified atom stereocenters. The number of hydrogen-bond donors (Lipinski definition) is 0. The molecule has 1 saturated carbocycles. The fourth-order valence-corrected chi connectivity index (χ4v) is 5.04. The second-order valence-corrected chi connectivity index (χ2v) is 7.80. The zero-order valence-electron chi connectivity index (χ0n) is 14.1. The van der Waals surface area contributed by atoms with Gasteiger partial charge in [0.1, 0.15) is 12.2 Å². The molecule has 2 bridgehead atoms. The highest BCUT2D eigenvalue weighted by Gasteiger charge is 2.58. The van der Waals surface area contributed by atoms with Crippen molar-refractivity contribution in [2.24, 2.45) is 23.2 Å². The second kappa shape index (κ2) is 5.10. The lowest BCUT2D eigenvalue weighted by atomic mass is 9.48. The third-order valence-corrected chi connectivity index (χ3v) is 6.02. The summed E-state index contributed by atoms with van der Waals surface area (Å²) < 4.78 is 11.2. The highest BCUT2D eigenvalue weighted by atomic mass is 16.5. The van der Waals surface area contributed by atoms with Crippen LogP contribution in [0.25, 0.3) is 0 Å². The zero-order chi connectivity index (χ0) is 16.2. The van der Waals surface area contributed by atoms with Crippen molar-refractivity contribution in [3.8, 4) is 0 Å². The van der Waals surface area contributed by atoms with Gasteiger partial charge in [-0.1, -0.05) is 26.3 Å². The Hall–Kier alpha value is -1.32. The summed E-state index contributed by atoms with van der Waals surface area (Å²) in [7, 11) is 0. The van der Waals surface area contributed by atoms with E-state index in [0.717, 1.165) is 19.3 Å². The molecule has 3 rings (SSSR count). The lowest BCUT2D eigenvalue weighted by Gasteiger charge is -2.59. The summed E-state index contributed by atoms with van der Waals surface area (Å²) in [6.07, 6.45) is 2.58. The minimum absolute atomic E-state index is 0.0523. The van der Waals surface area contributed by atoms with Crippen LogP contribution < -0.4 is 0 Å². The van der Waals surface area contributed by atoms with E-state index in [4.69, 9.17) is 9.47 Å². The van der Waals surface area contributed by atoms with Crippen molar-refractivity contribution in [1.29, 1.82) is 0 Å². The monoisotopic (exact) mass is 306 g/mol. The molecule has 1 fully saturated rings. The molecule has 0 saturated heterocycles. The normalized spacial score (nSPS) is 38.7. The number of fused-ring (bicyclic) bond motifs is 3. The quantitative estimate of drug-likeness (QED) is 0.580. The Morgan fingerprint density at radius 3 is 2.27 bits per heavy atom. The summed E-state index contributed by atoms with van der Waals surface area (Å²) in [5.41, 5.74) is 2.89. The minimum Gasteiger partial charge on any atom is -0.463 e. The van der Waals surface area contributed by atoms with Crippen LogP contribution in [0.2, 0.25) is 0 Å². The third-order valence-electron chi connectivity index (χ3n) is 6.02. The molecule has 0 spiro atoms. The third kappa shape index (κ3) is 2.27. The summed E-state index contributed by atoms with van der Waals surface area (Å²) in [5, 5.41) is 0. The van der Waals surface area contributed by atoms with E-state index in [2.05, 4.69) is 20.8 Å². The van der Waals surface area contributed by atoms with Crippen LogP contribution in [0.5, 0.6) is 0 Å². The first-order valence-corrected chi connectivity index (χ1v) is 8.29. The van der Waals surface area contributed by atoms with Gasteiger partial charge in [0.2, 0.25) is 0 Å². The van der Waals surface area contributed by atoms with Crippen molar-refractivity contribution in [2.45, 2.75) is 66.1 Å². The van der Waals surface area contributed by atoms with E-state index in [0.29, 0.717) is 11.8 Å². The molecule has 3 aliphatic carbocycles. The first kappa shape index (κ1) is 15.6. The van der Waals surface area contributed by atoms with Crippen molar-refractivity contribution in [3.63, 3.8) is 0 Å². The van der Waals surface area contributed by atoms with Crippen LogP contribution in [0.3, 0.4) is 0 Å². The average molecular weight is 306 g/mol. The van der Waals surface area contributed by atoms with E-state index >= 15 is 0 Å². The van der Waals surface area contributed by atoms with Crippen molar-refractivity contribution in [1.82, 2.24) is 0 Å². The van der Waals surface area contributed by atoms with Crippen molar-refractivity contribution in [2.75, 3.05) is 0 Å². The summed E-state index contributed by atoms with van der Waals surface area (Å²) in [6, 6.07) is 0. The molecule has 22 heavy (non-hydrogen) atoms. The molecular weight excluding hydrogens is 280 g/mol. The van der Waals surface area contributed by atoms with E-state index in [1.165, 1.54) is 25.0 Å². The molecular formula is C18H26O4. The number of carbonyl (C=O) groups is 2. The van der Waals surface area contributed by atoms with Gasteiger partial charge < -0.3 is 9.47 Å². The van der Waals surface area contributed by atoms with Crippen molar-refractivity contribution in [3.05, 3.63) is 11.1 Å². The average Bonchev–Trinajstić information content (AvgIpc) is 2.34. The van der Waals surface area contributed by atoms with Crippen molar-refractivity contribution >= 4 is 11.9 Å². The molecule has 4 heteroatoms. The molecule has 0 aromatic carbocycles. The molecule has 3 aliphatic rings. The van der Waals surface area contributed by atoms with E-state index in [9.17, 15) is 9.59 Å². The van der Waals surface area contributed by atoms with Gasteiger partial charge in [0.05, 0.1) is 0 Å². The van der Waals surface area contributed by atoms with Crippen LogP contribution in [-0.4, -0.2) is 24.1 Å². The van der Waals surface area contributed by atoms with Gasteiger partial charge in [-0.3, -0.25) is 9.59 Å².